The number of hydrogen-bond donors (Lipinski definition) is 2. The molecule has 0 saturated carbocycles. The van der Waals surface area contributed by atoms with Crippen LogP contribution < -0.4 is 5.56 Å². The number of hydrogen-bond acceptors (Lipinski definition) is 5. The highest BCUT2D eigenvalue weighted by Crippen LogP contribution is 2.22. The third kappa shape index (κ3) is 2.90. The van der Waals surface area contributed by atoms with Crippen LogP contribution >= 0.6 is 11.3 Å². The number of rotatable bonds is 5. The van der Waals surface area contributed by atoms with Gasteiger partial charge in [-0.25, -0.2) is 9.78 Å². The van der Waals surface area contributed by atoms with Gasteiger partial charge in [-0.3, -0.25) is 4.79 Å². The van der Waals surface area contributed by atoms with Crippen LogP contribution in [0.4, 0.5) is 0 Å². The van der Waals surface area contributed by atoms with Gasteiger partial charge >= 0.3 is 5.97 Å². The van der Waals surface area contributed by atoms with Crippen LogP contribution in [0.3, 0.4) is 0 Å². The molecule has 3 rings (SSSR count). The van der Waals surface area contributed by atoms with Crippen LogP contribution in [-0.2, 0) is 18.0 Å². The fourth-order valence-corrected chi connectivity index (χ4v) is 2.99. The van der Waals surface area contributed by atoms with Gasteiger partial charge < -0.3 is 14.8 Å². The van der Waals surface area contributed by atoms with E-state index in [2.05, 4.69) is 9.97 Å². The van der Waals surface area contributed by atoms with E-state index < -0.39 is 11.5 Å². The van der Waals surface area contributed by atoms with Gasteiger partial charge in [-0.05, 0) is 10.9 Å². The number of benzene rings is 1. The maximum Gasteiger partial charge on any atom is 0.372 e. The Hall–Kier alpha value is -2.51. The van der Waals surface area contributed by atoms with E-state index in [0.717, 1.165) is 5.56 Å². The van der Waals surface area contributed by atoms with Gasteiger partial charge in [0.05, 0.1) is 18.6 Å². The summed E-state index contributed by atoms with van der Waals surface area (Å²) in [5, 5.41) is 11.0. The highest BCUT2D eigenvalue weighted by Gasteiger charge is 2.14. The van der Waals surface area contributed by atoms with E-state index in [0.29, 0.717) is 22.4 Å². The standard InChI is InChI=1S/C15H12N2O4S/c18-13-11-10(7-21-6-9-4-2-1-3-5-9)8-22-14(11)17-12(16-13)15(19)20/h1-5,8H,6-7H2,(H,19,20)(H,16,17,18). The molecule has 0 saturated heterocycles. The number of carboxylic acids is 1. The molecule has 0 radical (unpaired) electrons. The van der Waals surface area contributed by atoms with Gasteiger partial charge in [0.2, 0.25) is 5.82 Å². The van der Waals surface area contributed by atoms with Gasteiger partial charge in [0, 0.05) is 5.56 Å². The minimum absolute atomic E-state index is 0.270. The lowest BCUT2D eigenvalue weighted by Crippen LogP contribution is -2.15. The van der Waals surface area contributed by atoms with Crippen molar-refractivity contribution in [3.63, 3.8) is 0 Å². The van der Waals surface area contributed by atoms with Crippen LogP contribution in [0.1, 0.15) is 21.7 Å². The number of fused-ring (bicyclic) bond motifs is 1. The summed E-state index contributed by atoms with van der Waals surface area (Å²) in [6.07, 6.45) is 0. The molecule has 6 nitrogen and oxygen atoms in total. The Balaban J connectivity index is 1.80. The van der Waals surface area contributed by atoms with Crippen LogP contribution in [0.5, 0.6) is 0 Å². The Morgan fingerprint density at radius 2 is 2.05 bits per heavy atom. The number of carboxylic acid groups (broad SMARTS) is 1. The molecule has 112 valence electrons. The monoisotopic (exact) mass is 316 g/mol. The lowest BCUT2D eigenvalue weighted by Gasteiger charge is -2.03. The Morgan fingerprint density at radius 3 is 2.77 bits per heavy atom. The molecule has 2 aromatic heterocycles. The number of ether oxygens (including phenoxy) is 1. The van der Waals surface area contributed by atoms with Crippen LogP contribution in [0.15, 0.2) is 40.5 Å². The van der Waals surface area contributed by atoms with Crippen molar-refractivity contribution in [2.24, 2.45) is 0 Å². The zero-order valence-electron chi connectivity index (χ0n) is 11.4. The molecule has 1 aromatic carbocycles. The first-order chi connectivity index (χ1) is 10.6. The van der Waals surface area contributed by atoms with E-state index in [4.69, 9.17) is 9.84 Å². The second kappa shape index (κ2) is 6.08. The predicted octanol–water partition coefficient (Wildman–Crippen LogP) is 2.40. The number of aromatic amines is 1. The first-order valence-corrected chi connectivity index (χ1v) is 7.38. The lowest BCUT2D eigenvalue weighted by atomic mass is 10.2. The van der Waals surface area contributed by atoms with Crippen LogP contribution in [0.2, 0.25) is 0 Å². The molecule has 0 bridgehead atoms. The number of aromatic nitrogens is 2. The molecule has 0 aliphatic heterocycles. The fraction of sp³-hybridized carbons (Fsp3) is 0.133. The van der Waals surface area contributed by atoms with Gasteiger partial charge in [0.15, 0.2) is 0 Å². The molecule has 22 heavy (non-hydrogen) atoms. The van der Waals surface area contributed by atoms with Crippen LogP contribution in [-0.4, -0.2) is 21.0 Å². The number of carbonyl (C=O) groups is 1. The number of nitrogens with one attached hydrogen (secondary N) is 1. The highest BCUT2D eigenvalue weighted by atomic mass is 32.1. The van der Waals surface area contributed by atoms with Gasteiger partial charge in [-0.2, -0.15) is 0 Å². The van der Waals surface area contributed by atoms with Crippen molar-refractivity contribution in [1.29, 1.82) is 0 Å². The molecule has 0 amide bonds. The molecule has 3 aromatic rings. The van der Waals surface area contributed by atoms with E-state index in [1.807, 2.05) is 30.3 Å². The Morgan fingerprint density at radius 1 is 1.27 bits per heavy atom. The summed E-state index contributed by atoms with van der Waals surface area (Å²) in [6.45, 7) is 0.711. The molecule has 0 atom stereocenters. The van der Waals surface area contributed by atoms with Crippen molar-refractivity contribution in [1.82, 2.24) is 9.97 Å². The predicted molar refractivity (Wildman–Crippen MR) is 82.1 cm³/mol. The smallest absolute Gasteiger partial charge is 0.372 e. The molecule has 2 heterocycles. The van der Waals surface area contributed by atoms with Crippen LogP contribution in [0, 0.1) is 0 Å². The molecule has 7 heteroatoms. The second-order valence-corrected chi connectivity index (χ2v) is 5.50. The molecule has 0 spiro atoms. The Labute approximate surface area is 129 Å². The van der Waals surface area contributed by atoms with E-state index in [-0.39, 0.29) is 12.4 Å². The largest absolute Gasteiger partial charge is 0.475 e. The lowest BCUT2D eigenvalue weighted by molar-refractivity contribution is 0.0683. The zero-order valence-corrected chi connectivity index (χ0v) is 12.2. The van der Waals surface area contributed by atoms with Crippen molar-refractivity contribution in [3.8, 4) is 0 Å². The minimum Gasteiger partial charge on any atom is -0.475 e. The average molecular weight is 316 g/mol. The summed E-state index contributed by atoms with van der Waals surface area (Å²) < 4.78 is 5.61. The van der Waals surface area contributed by atoms with E-state index in [1.165, 1.54) is 11.3 Å². The molecule has 0 fully saturated rings. The molecule has 0 aliphatic carbocycles. The quantitative estimate of drug-likeness (QED) is 0.754. The van der Waals surface area contributed by atoms with E-state index in [1.54, 1.807) is 5.38 Å². The third-order valence-electron chi connectivity index (χ3n) is 3.09. The zero-order chi connectivity index (χ0) is 15.5. The number of aromatic carboxylic acids is 1. The van der Waals surface area contributed by atoms with Crippen molar-refractivity contribution in [3.05, 3.63) is 63.0 Å². The summed E-state index contributed by atoms with van der Waals surface area (Å²) in [4.78, 5) is 29.5. The maximum atomic E-state index is 12.0. The van der Waals surface area contributed by atoms with E-state index in [9.17, 15) is 9.59 Å². The second-order valence-electron chi connectivity index (χ2n) is 4.64. The minimum atomic E-state index is -1.26. The molecular weight excluding hydrogens is 304 g/mol. The summed E-state index contributed by atoms with van der Waals surface area (Å²) in [5.41, 5.74) is 1.30. The highest BCUT2D eigenvalue weighted by molar-refractivity contribution is 7.16. The molecular formula is C15H12N2O4S. The van der Waals surface area contributed by atoms with Crippen molar-refractivity contribution >= 4 is 27.5 Å². The van der Waals surface area contributed by atoms with Crippen molar-refractivity contribution in [2.75, 3.05) is 0 Å². The van der Waals surface area contributed by atoms with Gasteiger partial charge in [-0.15, -0.1) is 11.3 Å². The molecule has 2 N–H and O–H groups in total. The number of thiophene rings is 1. The summed E-state index contributed by atoms with van der Waals surface area (Å²) in [5.74, 6) is -1.61. The average Bonchev–Trinajstić information content (AvgIpc) is 2.92. The SMILES string of the molecule is O=C(O)c1nc2scc(COCc3ccccc3)c2c(=O)[nH]1. The van der Waals surface area contributed by atoms with Crippen molar-refractivity contribution in [2.45, 2.75) is 13.2 Å². The summed E-state index contributed by atoms with van der Waals surface area (Å²) >= 11 is 1.23. The first kappa shape index (κ1) is 14.4. The Kier molecular flexibility index (Phi) is 3.99. The fourth-order valence-electron chi connectivity index (χ4n) is 2.07. The van der Waals surface area contributed by atoms with Gasteiger partial charge in [-0.1, -0.05) is 30.3 Å². The summed E-state index contributed by atoms with van der Waals surface area (Å²) in [7, 11) is 0. The topological polar surface area (TPSA) is 92.3 Å². The Bertz CT molecular complexity index is 870. The molecule has 0 unspecified atom stereocenters. The number of nitrogens with zero attached hydrogens (tertiary/aromatic N) is 1. The summed E-state index contributed by atoms with van der Waals surface area (Å²) in [6, 6.07) is 9.71. The van der Waals surface area contributed by atoms with Crippen molar-refractivity contribution < 1.29 is 14.6 Å². The van der Waals surface area contributed by atoms with Gasteiger partial charge in [0.25, 0.3) is 5.56 Å². The number of H-pyrrole nitrogens is 1. The maximum absolute atomic E-state index is 12.0. The first-order valence-electron chi connectivity index (χ1n) is 6.50. The third-order valence-corrected chi connectivity index (χ3v) is 4.01. The van der Waals surface area contributed by atoms with Gasteiger partial charge in [0.1, 0.15) is 4.83 Å². The molecule has 0 aliphatic rings. The van der Waals surface area contributed by atoms with Crippen LogP contribution in [0.25, 0.3) is 10.2 Å². The normalized spacial score (nSPS) is 10.9. The van der Waals surface area contributed by atoms with E-state index >= 15 is 0 Å².